The predicted molar refractivity (Wildman–Crippen MR) is 79.7 cm³/mol. The molecule has 2 aromatic heterocycles. The van der Waals surface area contributed by atoms with Gasteiger partial charge in [0.1, 0.15) is 6.33 Å². The van der Waals surface area contributed by atoms with Gasteiger partial charge in [0.05, 0.1) is 23.6 Å². The van der Waals surface area contributed by atoms with E-state index in [1.807, 2.05) is 38.9 Å². The van der Waals surface area contributed by atoms with Crippen molar-refractivity contribution >= 4 is 11.6 Å². The van der Waals surface area contributed by atoms with Gasteiger partial charge in [0, 0.05) is 25.5 Å². The molecule has 7 nitrogen and oxygen atoms in total. The lowest BCUT2D eigenvalue weighted by Gasteiger charge is -2.23. The van der Waals surface area contributed by atoms with Gasteiger partial charge in [-0.2, -0.15) is 5.10 Å². The van der Waals surface area contributed by atoms with Gasteiger partial charge in [0.25, 0.3) is 0 Å². The summed E-state index contributed by atoms with van der Waals surface area (Å²) >= 11 is 0. The quantitative estimate of drug-likeness (QED) is 0.893. The standard InChI is InChI=1S/C14H20N6O/c1-10-13(7-20(4)18-10)17-14(21)8-19(3)11(2)12-5-6-15-9-16-12/h5-7,9,11H,8H2,1-4H3,(H,17,21). The van der Waals surface area contributed by atoms with Crippen molar-refractivity contribution in [3.63, 3.8) is 0 Å². The molecule has 1 atom stereocenters. The second-order valence-corrected chi connectivity index (χ2v) is 5.08. The van der Waals surface area contributed by atoms with Crippen molar-refractivity contribution in [2.75, 3.05) is 18.9 Å². The largest absolute Gasteiger partial charge is 0.322 e. The van der Waals surface area contributed by atoms with Crippen molar-refractivity contribution in [2.45, 2.75) is 19.9 Å². The zero-order valence-electron chi connectivity index (χ0n) is 12.7. The lowest BCUT2D eigenvalue weighted by molar-refractivity contribution is -0.117. The molecule has 2 heterocycles. The maximum Gasteiger partial charge on any atom is 0.238 e. The summed E-state index contributed by atoms with van der Waals surface area (Å²) in [7, 11) is 3.72. The Balaban J connectivity index is 1.94. The van der Waals surface area contributed by atoms with Crippen LogP contribution in [0.4, 0.5) is 5.69 Å². The smallest absolute Gasteiger partial charge is 0.238 e. The number of nitrogens with one attached hydrogen (secondary N) is 1. The van der Waals surface area contributed by atoms with E-state index in [1.54, 1.807) is 17.1 Å². The van der Waals surface area contributed by atoms with Gasteiger partial charge in [-0.1, -0.05) is 0 Å². The average Bonchev–Trinajstić information content (AvgIpc) is 2.76. The van der Waals surface area contributed by atoms with E-state index < -0.39 is 0 Å². The van der Waals surface area contributed by atoms with Gasteiger partial charge >= 0.3 is 0 Å². The van der Waals surface area contributed by atoms with Crippen molar-refractivity contribution in [3.8, 4) is 0 Å². The maximum atomic E-state index is 12.1. The fourth-order valence-electron chi connectivity index (χ4n) is 2.05. The van der Waals surface area contributed by atoms with Gasteiger partial charge in [-0.15, -0.1) is 0 Å². The molecular weight excluding hydrogens is 268 g/mol. The van der Waals surface area contributed by atoms with Crippen LogP contribution in [0.2, 0.25) is 0 Å². The molecule has 2 rings (SSSR count). The van der Waals surface area contributed by atoms with Crippen molar-refractivity contribution < 1.29 is 4.79 Å². The minimum atomic E-state index is -0.0745. The fourth-order valence-corrected chi connectivity index (χ4v) is 2.05. The molecule has 0 spiro atoms. The number of hydrogen-bond donors (Lipinski definition) is 1. The molecule has 1 amide bonds. The van der Waals surface area contributed by atoms with Gasteiger partial charge in [0.2, 0.25) is 5.91 Å². The Morgan fingerprint density at radius 3 is 2.86 bits per heavy atom. The molecule has 0 aliphatic carbocycles. The SMILES string of the molecule is Cc1nn(C)cc1NC(=O)CN(C)C(C)c1ccncn1. The van der Waals surface area contributed by atoms with Crippen LogP contribution in [0.3, 0.4) is 0 Å². The van der Waals surface area contributed by atoms with Crippen LogP contribution in [0.15, 0.2) is 24.8 Å². The molecule has 0 aliphatic heterocycles. The second-order valence-electron chi connectivity index (χ2n) is 5.08. The summed E-state index contributed by atoms with van der Waals surface area (Å²) in [5.41, 5.74) is 2.43. The highest BCUT2D eigenvalue weighted by atomic mass is 16.2. The summed E-state index contributed by atoms with van der Waals surface area (Å²) in [4.78, 5) is 22.1. The van der Waals surface area contributed by atoms with Crippen molar-refractivity contribution in [1.29, 1.82) is 0 Å². The van der Waals surface area contributed by atoms with Gasteiger partial charge in [-0.3, -0.25) is 14.4 Å². The number of likely N-dealkylation sites (N-methyl/N-ethyl adjacent to an activating group) is 1. The molecule has 0 bridgehead atoms. The Kier molecular flexibility index (Phi) is 4.64. The van der Waals surface area contributed by atoms with Crippen molar-refractivity contribution in [1.82, 2.24) is 24.6 Å². The van der Waals surface area contributed by atoms with Gasteiger partial charge in [-0.05, 0) is 27.0 Å². The highest BCUT2D eigenvalue weighted by molar-refractivity contribution is 5.92. The minimum Gasteiger partial charge on any atom is -0.322 e. The molecule has 0 saturated carbocycles. The van der Waals surface area contributed by atoms with Crippen LogP contribution in [0.5, 0.6) is 0 Å². The molecule has 0 aliphatic rings. The monoisotopic (exact) mass is 288 g/mol. The van der Waals surface area contributed by atoms with Crippen LogP contribution in [-0.4, -0.2) is 44.1 Å². The highest BCUT2D eigenvalue weighted by Gasteiger charge is 2.16. The third-order valence-corrected chi connectivity index (χ3v) is 3.37. The van der Waals surface area contributed by atoms with Crippen LogP contribution in [0.25, 0.3) is 0 Å². The molecule has 2 aromatic rings. The topological polar surface area (TPSA) is 75.9 Å². The first-order chi connectivity index (χ1) is 9.97. The molecule has 0 saturated heterocycles. The first-order valence-electron chi connectivity index (χ1n) is 6.73. The molecule has 112 valence electrons. The molecule has 1 N–H and O–H groups in total. The first kappa shape index (κ1) is 15.1. The van der Waals surface area contributed by atoms with E-state index in [0.29, 0.717) is 0 Å². The number of aromatic nitrogens is 4. The first-order valence-corrected chi connectivity index (χ1v) is 6.73. The number of rotatable bonds is 5. The lowest BCUT2D eigenvalue weighted by Crippen LogP contribution is -2.32. The summed E-state index contributed by atoms with van der Waals surface area (Å²) < 4.78 is 1.68. The molecular formula is C14H20N6O. The molecule has 0 aromatic carbocycles. The van der Waals surface area contributed by atoms with E-state index in [-0.39, 0.29) is 18.5 Å². The molecule has 0 fully saturated rings. The van der Waals surface area contributed by atoms with Gasteiger partial charge in [0.15, 0.2) is 0 Å². The lowest BCUT2D eigenvalue weighted by atomic mass is 10.2. The Morgan fingerprint density at radius 1 is 1.52 bits per heavy atom. The Hall–Kier alpha value is -2.28. The second kappa shape index (κ2) is 6.45. The van der Waals surface area contributed by atoms with Crippen LogP contribution in [0.1, 0.15) is 24.4 Å². The molecule has 0 radical (unpaired) electrons. The van der Waals surface area contributed by atoms with E-state index in [1.165, 1.54) is 6.33 Å². The summed E-state index contributed by atoms with van der Waals surface area (Å²) in [6.07, 6.45) is 5.01. The minimum absolute atomic E-state index is 0.0359. The number of anilines is 1. The fraction of sp³-hybridized carbons (Fsp3) is 0.429. The number of aryl methyl sites for hydroxylation is 2. The number of carbonyl (C=O) groups excluding carboxylic acids is 1. The van der Waals surface area contributed by atoms with E-state index in [2.05, 4.69) is 20.4 Å². The summed E-state index contributed by atoms with van der Waals surface area (Å²) in [5, 5.41) is 7.07. The van der Waals surface area contributed by atoms with E-state index >= 15 is 0 Å². The maximum absolute atomic E-state index is 12.1. The molecule has 21 heavy (non-hydrogen) atoms. The van der Waals surface area contributed by atoms with Crippen LogP contribution in [0, 0.1) is 6.92 Å². The third-order valence-electron chi connectivity index (χ3n) is 3.37. The highest BCUT2D eigenvalue weighted by Crippen LogP contribution is 2.16. The van der Waals surface area contributed by atoms with Crippen LogP contribution in [-0.2, 0) is 11.8 Å². The number of hydrogen-bond acceptors (Lipinski definition) is 5. The Labute approximate surface area is 124 Å². The molecule has 1 unspecified atom stereocenters. The molecule has 7 heteroatoms. The third kappa shape index (κ3) is 3.85. The van der Waals surface area contributed by atoms with Crippen molar-refractivity contribution in [3.05, 3.63) is 36.2 Å². The number of carbonyl (C=O) groups is 1. The van der Waals surface area contributed by atoms with Crippen molar-refractivity contribution in [2.24, 2.45) is 7.05 Å². The Bertz CT molecular complexity index is 609. The zero-order valence-corrected chi connectivity index (χ0v) is 12.7. The number of amides is 1. The number of nitrogens with zero attached hydrogens (tertiary/aromatic N) is 5. The summed E-state index contributed by atoms with van der Waals surface area (Å²) in [5.74, 6) is -0.0745. The van der Waals surface area contributed by atoms with E-state index in [4.69, 9.17) is 0 Å². The van der Waals surface area contributed by atoms with Gasteiger partial charge < -0.3 is 5.32 Å². The van der Waals surface area contributed by atoms with E-state index in [0.717, 1.165) is 17.1 Å². The zero-order chi connectivity index (χ0) is 15.4. The van der Waals surface area contributed by atoms with Crippen LogP contribution < -0.4 is 5.32 Å². The van der Waals surface area contributed by atoms with E-state index in [9.17, 15) is 4.79 Å². The average molecular weight is 288 g/mol. The predicted octanol–water partition coefficient (Wildman–Crippen LogP) is 1.15. The summed E-state index contributed by atoms with van der Waals surface area (Å²) in [6, 6.07) is 1.89. The summed E-state index contributed by atoms with van der Waals surface area (Å²) in [6.45, 7) is 4.15. The normalized spacial score (nSPS) is 12.4. The van der Waals surface area contributed by atoms with Gasteiger partial charge in [-0.25, -0.2) is 9.97 Å². The van der Waals surface area contributed by atoms with Crippen LogP contribution >= 0.6 is 0 Å². The Morgan fingerprint density at radius 2 is 2.29 bits per heavy atom.